The first kappa shape index (κ1) is 13.1. The third-order valence-electron chi connectivity index (χ3n) is 5.65. The van der Waals surface area contributed by atoms with Crippen LogP contribution < -0.4 is 10.5 Å². The molecule has 2 atom stereocenters. The fourth-order valence-corrected chi connectivity index (χ4v) is 4.30. The summed E-state index contributed by atoms with van der Waals surface area (Å²) < 4.78 is 6.45. The minimum atomic E-state index is 0.245. The summed E-state index contributed by atoms with van der Waals surface area (Å²) in [7, 11) is 0. The molecule has 0 saturated heterocycles. The van der Waals surface area contributed by atoms with Crippen molar-refractivity contribution < 1.29 is 4.74 Å². The van der Waals surface area contributed by atoms with Crippen LogP contribution in [0.5, 0.6) is 5.75 Å². The molecule has 110 valence electrons. The van der Waals surface area contributed by atoms with Crippen LogP contribution in [0.2, 0.25) is 0 Å². The average molecular weight is 281 g/mol. The molecule has 2 fully saturated rings. The molecule has 1 spiro atoms. The van der Waals surface area contributed by atoms with Crippen molar-refractivity contribution in [2.75, 3.05) is 0 Å². The molecule has 2 unspecified atom stereocenters. The predicted octanol–water partition coefficient (Wildman–Crippen LogP) is 4.27. The summed E-state index contributed by atoms with van der Waals surface area (Å²) in [6.45, 7) is 0. The zero-order chi connectivity index (χ0) is 14.3. The van der Waals surface area contributed by atoms with Gasteiger partial charge in [0.1, 0.15) is 11.9 Å². The van der Waals surface area contributed by atoms with E-state index in [1.54, 1.807) is 0 Å². The Morgan fingerprint density at radius 1 is 0.952 bits per heavy atom. The highest BCUT2D eigenvalue weighted by atomic mass is 16.5. The molecule has 2 aromatic rings. The molecule has 2 aliphatic carbocycles. The van der Waals surface area contributed by atoms with E-state index in [1.165, 1.54) is 42.9 Å². The van der Waals surface area contributed by atoms with Crippen molar-refractivity contribution in [1.29, 1.82) is 0 Å². The highest BCUT2D eigenvalue weighted by Gasteiger charge is 2.54. The summed E-state index contributed by atoms with van der Waals surface area (Å²) in [4.78, 5) is 0. The van der Waals surface area contributed by atoms with E-state index in [9.17, 15) is 0 Å². The van der Waals surface area contributed by atoms with Gasteiger partial charge in [-0.1, -0.05) is 55.7 Å². The number of ether oxygens (including phenoxy) is 1. The van der Waals surface area contributed by atoms with Gasteiger partial charge in [-0.15, -0.1) is 0 Å². The van der Waals surface area contributed by atoms with E-state index in [4.69, 9.17) is 10.5 Å². The van der Waals surface area contributed by atoms with Crippen LogP contribution in [0.25, 0.3) is 10.8 Å². The summed E-state index contributed by atoms with van der Waals surface area (Å²) in [6, 6.07) is 15.1. The Hall–Kier alpha value is -1.54. The van der Waals surface area contributed by atoms with E-state index in [-0.39, 0.29) is 5.41 Å². The Labute approximate surface area is 126 Å². The van der Waals surface area contributed by atoms with Crippen LogP contribution in [0.15, 0.2) is 42.5 Å². The first-order valence-electron chi connectivity index (χ1n) is 8.20. The van der Waals surface area contributed by atoms with Gasteiger partial charge in [0.25, 0.3) is 0 Å². The maximum absolute atomic E-state index is 6.45. The first-order valence-corrected chi connectivity index (χ1v) is 8.20. The lowest BCUT2D eigenvalue weighted by Gasteiger charge is -2.56. The fraction of sp³-hybridized carbons (Fsp3) is 0.474. The zero-order valence-electron chi connectivity index (χ0n) is 12.4. The van der Waals surface area contributed by atoms with Crippen molar-refractivity contribution >= 4 is 10.8 Å². The normalized spacial score (nSPS) is 27.5. The standard InChI is InChI=1S/C19H23NO/c20-17-13-18(19(17)11-4-1-5-12-19)21-16-10-6-8-14-7-2-3-9-15(14)16/h2-3,6-10,17-18H,1,4-5,11-13,20H2. The van der Waals surface area contributed by atoms with Crippen molar-refractivity contribution in [1.82, 2.24) is 0 Å². The van der Waals surface area contributed by atoms with Crippen LogP contribution in [0.3, 0.4) is 0 Å². The zero-order valence-corrected chi connectivity index (χ0v) is 12.4. The lowest BCUT2D eigenvalue weighted by Crippen LogP contribution is -2.64. The quantitative estimate of drug-likeness (QED) is 0.892. The number of hydrogen-bond donors (Lipinski definition) is 1. The Morgan fingerprint density at radius 3 is 2.52 bits per heavy atom. The molecule has 2 aliphatic rings. The van der Waals surface area contributed by atoms with Crippen molar-refractivity contribution in [3.05, 3.63) is 42.5 Å². The number of benzene rings is 2. The van der Waals surface area contributed by atoms with Crippen LogP contribution in [0.4, 0.5) is 0 Å². The number of nitrogens with two attached hydrogens (primary N) is 1. The van der Waals surface area contributed by atoms with Crippen LogP contribution >= 0.6 is 0 Å². The Morgan fingerprint density at radius 2 is 1.71 bits per heavy atom. The number of fused-ring (bicyclic) bond motifs is 1. The molecule has 2 heteroatoms. The van der Waals surface area contributed by atoms with Gasteiger partial charge < -0.3 is 10.5 Å². The minimum absolute atomic E-state index is 0.245. The molecule has 0 aromatic heterocycles. The van der Waals surface area contributed by atoms with E-state index < -0.39 is 0 Å². The summed E-state index contributed by atoms with van der Waals surface area (Å²) >= 11 is 0. The maximum atomic E-state index is 6.45. The van der Waals surface area contributed by atoms with Gasteiger partial charge >= 0.3 is 0 Å². The van der Waals surface area contributed by atoms with Crippen LogP contribution in [-0.2, 0) is 0 Å². The summed E-state index contributed by atoms with van der Waals surface area (Å²) in [5, 5.41) is 2.46. The molecule has 21 heavy (non-hydrogen) atoms. The predicted molar refractivity (Wildman–Crippen MR) is 86.5 cm³/mol. The fourth-order valence-electron chi connectivity index (χ4n) is 4.30. The lowest BCUT2D eigenvalue weighted by molar-refractivity contribution is -0.0892. The van der Waals surface area contributed by atoms with E-state index in [0.29, 0.717) is 12.1 Å². The molecule has 0 radical (unpaired) electrons. The van der Waals surface area contributed by atoms with Crippen LogP contribution in [-0.4, -0.2) is 12.1 Å². The number of hydrogen-bond acceptors (Lipinski definition) is 2. The van der Waals surface area contributed by atoms with E-state index in [0.717, 1.165) is 12.2 Å². The second kappa shape index (κ2) is 5.03. The van der Waals surface area contributed by atoms with Crippen LogP contribution in [0.1, 0.15) is 38.5 Å². The smallest absolute Gasteiger partial charge is 0.127 e. The molecule has 0 bridgehead atoms. The molecular formula is C19H23NO. The van der Waals surface area contributed by atoms with Crippen molar-refractivity contribution in [3.63, 3.8) is 0 Å². The highest BCUT2D eigenvalue weighted by molar-refractivity contribution is 5.88. The Balaban J connectivity index is 1.63. The van der Waals surface area contributed by atoms with Gasteiger partial charge in [0.05, 0.1) is 0 Å². The average Bonchev–Trinajstić information content (AvgIpc) is 2.55. The molecular weight excluding hydrogens is 258 g/mol. The van der Waals surface area contributed by atoms with Gasteiger partial charge in [-0.05, 0) is 24.3 Å². The largest absolute Gasteiger partial charge is 0.489 e. The lowest BCUT2D eigenvalue weighted by atomic mass is 9.55. The monoisotopic (exact) mass is 281 g/mol. The van der Waals surface area contributed by atoms with Gasteiger partial charge in [0.2, 0.25) is 0 Å². The van der Waals surface area contributed by atoms with Gasteiger partial charge in [0.15, 0.2) is 0 Å². The Kier molecular flexibility index (Phi) is 3.15. The van der Waals surface area contributed by atoms with Crippen molar-refractivity contribution in [3.8, 4) is 5.75 Å². The molecule has 0 aliphatic heterocycles. The van der Waals surface area contributed by atoms with Gasteiger partial charge in [-0.2, -0.15) is 0 Å². The van der Waals surface area contributed by atoms with Crippen molar-refractivity contribution in [2.24, 2.45) is 11.1 Å². The number of rotatable bonds is 2. The third-order valence-corrected chi connectivity index (χ3v) is 5.65. The van der Waals surface area contributed by atoms with Crippen LogP contribution in [0, 0.1) is 5.41 Å². The molecule has 0 heterocycles. The molecule has 2 nitrogen and oxygen atoms in total. The molecule has 2 aromatic carbocycles. The molecule has 2 N–H and O–H groups in total. The SMILES string of the molecule is NC1CC(Oc2cccc3ccccc23)C12CCCCC2. The summed E-state index contributed by atoms with van der Waals surface area (Å²) in [5.74, 6) is 1.02. The second-order valence-electron chi connectivity index (χ2n) is 6.72. The highest BCUT2D eigenvalue weighted by Crippen LogP contribution is 2.52. The maximum Gasteiger partial charge on any atom is 0.127 e. The van der Waals surface area contributed by atoms with E-state index in [2.05, 4.69) is 42.5 Å². The van der Waals surface area contributed by atoms with Gasteiger partial charge in [-0.25, -0.2) is 0 Å². The van der Waals surface area contributed by atoms with E-state index >= 15 is 0 Å². The van der Waals surface area contributed by atoms with Crippen molar-refractivity contribution in [2.45, 2.75) is 50.7 Å². The summed E-state index contributed by atoms with van der Waals surface area (Å²) in [5.41, 5.74) is 6.61. The third kappa shape index (κ3) is 2.04. The van der Waals surface area contributed by atoms with E-state index in [1.807, 2.05) is 0 Å². The first-order chi connectivity index (χ1) is 10.3. The second-order valence-corrected chi connectivity index (χ2v) is 6.72. The minimum Gasteiger partial charge on any atom is -0.489 e. The topological polar surface area (TPSA) is 35.2 Å². The Bertz CT molecular complexity index is 640. The molecule has 0 amide bonds. The molecule has 2 saturated carbocycles. The molecule has 4 rings (SSSR count). The van der Waals surface area contributed by atoms with Gasteiger partial charge in [0, 0.05) is 23.3 Å². The van der Waals surface area contributed by atoms with Gasteiger partial charge in [-0.3, -0.25) is 0 Å². The summed E-state index contributed by atoms with van der Waals surface area (Å²) in [6.07, 6.45) is 7.76.